The number of carbonyl (C=O) groups excluding carboxylic acids is 2. The first kappa shape index (κ1) is 38.6. The Morgan fingerprint density at radius 3 is 2.56 bits per heavy atom. The number of ether oxygens (including phenoxy) is 2. The maximum absolute atomic E-state index is 15.3. The Hall–Kier alpha value is -4.70. The zero-order chi connectivity index (χ0) is 39.6. The third-order valence-corrected chi connectivity index (χ3v) is 11.6. The molecular weight excluding hydrogens is 726 g/mol. The van der Waals surface area contributed by atoms with E-state index in [9.17, 15) is 24.6 Å². The summed E-state index contributed by atoms with van der Waals surface area (Å²) in [5.41, 5.74) is 4.02. The van der Waals surface area contributed by atoms with E-state index in [2.05, 4.69) is 16.1 Å². The molecule has 55 heavy (non-hydrogen) atoms. The number of amides is 1. The highest BCUT2D eigenvalue weighted by molar-refractivity contribution is 7.59. The smallest absolute Gasteiger partial charge is 0.343 e. The maximum Gasteiger partial charge on any atom is 0.343 e. The molecular formula is C41H44FN4O8P. The standard InChI is InChI=1S/C41H44FN4O8P/c1-8-41(51)28-16-32-35-26(18-46(32)37(48)27(28)19-52-38(41)49)34-30(15-14-25-22(3)29(42)17-31(43-35)33(25)34)44-36(47)23-10-12-24(13-11-23)45-55(9-2)54-21-40(6,7)53-20-39(4,5)50/h2,10-13,16-17,30,45,50-51H,8,14-15,18-21H2,1,3-7H3,(H,44,47). The van der Waals surface area contributed by atoms with Crippen molar-refractivity contribution in [2.45, 2.75) is 96.8 Å². The number of carbonyl (C=O) groups is 2. The first-order valence-corrected chi connectivity index (χ1v) is 19.5. The number of hydrogen-bond donors (Lipinski definition) is 4. The summed E-state index contributed by atoms with van der Waals surface area (Å²) in [6, 6.07) is 9.34. The van der Waals surface area contributed by atoms with Gasteiger partial charge in [0.05, 0.1) is 59.5 Å². The zero-order valence-electron chi connectivity index (χ0n) is 31.6. The summed E-state index contributed by atoms with van der Waals surface area (Å²) in [6.07, 6.45) is 6.74. The van der Waals surface area contributed by atoms with Gasteiger partial charge in [-0.1, -0.05) is 6.92 Å². The lowest BCUT2D eigenvalue weighted by Crippen LogP contribution is -2.44. The van der Waals surface area contributed by atoms with Gasteiger partial charge in [0.25, 0.3) is 11.5 Å². The van der Waals surface area contributed by atoms with Gasteiger partial charge in [-0.2, -0.15) is 0 Å². The molecule has 1 amide bonds. The lowest BCUT2D eigenvalue weighted by Gasteiger charge is -2.31. The number of terminal acetylenes is 1. The number of esters is 1. The minimum atomic E-state index is -1.99. The van der Waals surface area contributed by atoms with Crippen LogP contribution < -0.4 is 16.0 Å². The topological polar surface area (TPSA) is 161 Å². The van der Waals surface area contributed by atoms with Gasteiger partial charge < -0.3 is 39.2 Å². The number of benzene rings is 2. The molecule has 1 aliphatic carbocycles. The van der Waals surface area contributed by atoms with Gasteiger partial charge >= 0.3 is 5.97 Å². The van der Waals surface area contributed by atoms with E-state index in [-0.39, 0.29) is 49.8 Å². The Labute approximate surface area is 319 Å². The fourth-order valence-electron chi connectivity index (χ4n) is 7.49. The van der Waals surface area contributed by atoms with E-state index >= 15 is 4.39 Å². The predicted molar refractivity (Wildman–Crippen MR) is 206 cm³/mol. The molecule has 12 nitrogen and oxygen atoms in total. The summed E-state index contributed by atoms with van der Waals surface area (Å²) in [6.45, 7) is 10.6. The molecule has 4 heterocycles. The van der Waals surface area contributed by atoms with Crippen LogP contribution >= 0.6 is 8.30 Å². The number of aromatic nitrogens is 2. The minimum absolute atomic E-state index is 0.00176. The summed E-state index contributed by atoms with van der Waals surface area (Å²) < 4.78 is 33.8. The second-order valence-electron chi connectivity index (χ2n) is 15.6. The van der Waals surface area contributed by atoms with Gasteiger partial charge in [0.15, 0.2) is 5.60 Å². The molecule has 0 bridgehead atoms. The van der Waals surface area contributed by atoms with E-state index in [4.69, 9.17) is 25.4 Å². The van der Waals surface area contributed by atoms with Crippen LogP contribution in [0.5, 0.6) is 0 Å². The van der Waals surface area contributed by atoms with Crippen molar-refractivity contribution >= 4 is 36.8 Å². The molecule has 0 spiro atoms. The average Bonchev–Trinajstić information content (AvgIpc) is 3.52. The van der Waals surface area contributed by atoms with Gasteiger partial charge in [0.2, 0.25) is 8.30 Å². The molecule has 0 fully saturated rings. The Balaban J connectivity index is 1.16. The van der Waals surface area contributed by atoms with Crippen molar-refractivity contribution in [3.63, 3.8) is 0 Å². The Morgan fingerprint density at radius 1 is 1.16 bits per heavy atom. The van der Waals surface area contributed by atoms with Crippen LogP contribution in [0.1, 0.15) is 97.2 Å². The molecule has 288 valence electrons. The SMILES string of the molecule is C#CP(Nc1ccc(C(=O)NC2CCc3c(C)c(F)cc4nc5c(c2c34)Cn2c-5cc3c(c2=O)COC(=O)C3(O)CC)cc1)OCC(C)(C)OCC(C)(C)O. The van der Waals surface area contributed by atoms with E-state index in [1.807, 2.05) is 13.8 Å². The van der Waals surface area contributed by atoms with Gasteiger partial charge in [-0.05, 0) is 107 Å². The van der Waals surface area contributed by atoms with Gasteiger partial charge in [-0.25, -0.2) is 14.2 Å². The van der Waals surface area contributed by atoms with E-state index < -0.39 is 48.5 Å². The number of nitrogens with one attached hydrogen (secondary N) is 2. The van der Waals surface area contributed by atoms with Crippen molar-refractivity contribution in [3.8, 4) is 23.5 Å². The Kier molecular flexibility index (Phi) is 9.89. The molecule has 3 aliphatic rings. The fraction of sp³-hybridized carbons (Fsp3) is 0.415. The number of pyridine rings is 2. The minimum Gasteiger partial charge on any atom is -0.458 e. The van der Waals surface area contributed by atoms with E-state index in [0.717, 1.165) is 16.5 Å². The van der Waals surface area contributed by atoms with Crippen LogP contribution in [0.2, 0.25) is 0 Å². The summed E-state index contributed by atoms with van der Waals surface area (Å²) in [5.74, 6) is -1.55. The molecule has 3 atom stereocenters. The largest absolute Gasteiger partial charge is 0.458 e. The zero-order valence-corrected chi connectivity index (χ0v) is 32.5. The molecule has 14 heteroatoms. The van der Waals surface area contributed by atoms with Gasteiger partial charge in [0, 0.05) is 33.8 Å². The highest BCUT2D eigenvalue weighted by Crippen LogP contribution is 2.46. The molecule has 2 aliphatic heterocycles. The van der Waals surface area contributed by atoms with Crippen molar-refractivity contribution in [1.29, 1.82) is 0 Å². The summed E-state index contributed by atoms with van der Waals surface area (Å²) in [4.78, 5) is 45.4. The molecule has 4 N–H and O–H groups in total. The first-order valence-electron chi connectivity index (χ1n) is 18.2. The van der Waals surface area contributed by atoms with Gasteiger partial charge in [0.1, 0.15) is 12.4 Å². The van der Waals surface area contributed by atoms with E-state index in [0.29, 0.717) is 52.1 Å². The monoisotopic (exact) mass is 770 g/mol. The summed E-state index contributed by atoms with van der Waals surface area (Å²) in [7, 11) is -1.52. The third-order valence-electron chi connectivity index (χ3n) is 10.5. The number of halogens is 1. The number of hydrogen-bond acceptors (Lipinski definition) is 10. The predicted octanol–water partition coefficient (Wildman–Crippen LogP) is 5.84. The van der Waals surface area contributed by atoms with Crippen molar-refractivity contribution in [2.24, 2.45) is 0 Å². The molecule has 0 saturated heterocycles. The molecule has 7 rings (SSSR count). The van der Waals surface area contributed by atoms with E-state index in [1.165, 1.54) is 6.07 Å². The molecule has 0 radical (unpaired) electrons. The molecule has 2 aromatic heterocycles. The van der Waals surface area contributed by atoms with Crippen LogP contribution in [0.3, 0.4) is 0 Å². The number of nitrogens with zero attached hydrogens (tertiary/aromatic N) is 2. The van der Waals surface area contributed by atoms with Crippen LogP contribution in [-0.2, 0) is 44.0 Å². The van der Waals surface area contributed by atoms with Crippen LogP contribution in [-0.4, -0.2) is 56.1 Å². The van der Waals surface area contributed by atoms with Crippen molar-refractivity contribution in [1.82, 2.24) is 14.9 Å². The maximum atomic E-state index is 15.3. The number of fused-ring (bicyclic) bond motifs is 5. The van der Waals surface area contributed by atoms with Crippen LogP contribution in [0, 0.1) is 24.8 Å². The first-order chi connectivity index (χ1) is 25.9. The average molecular weight is 771 g/mol. The molecule has 0 saturated carbocycles. The fourth-order valence-corrected chi connectivity index (χ4v) is 8.52. The highest BCUT2D eigenvalue weighted by atomic mass is 31.2. The summed E-state index contributed by atoms with van der Waals surface area (Å²) in [5, 5.41) is 28.5. The van der Waals surface area contributed by atoms with Crippen LogP contribution in [0.4, 0.5) is 10.1 Å². The Bertz CT molecular complexity index is 2350. The normalized spacial score (nSPS) is 19.2. The lowest BCUT2D eigenvalue weighted by molar-refractivity contribution is -0.172. The van der Waals surface area contributed by atoms with Crippen molar-refractivity contribution in [3.05, 3.63) is 91.5 Å². The quantitative estimate of drug-likeness (QED) is 0.0730. The number of aryl methyl sites for hydroxylation is 1. The molecule has 3 unspecified atom stereocenters. The van der Waals surface area contributed by atoms with Gasteiger partial charge in [-0.3, -0.25) is 9.59 Å². The lowest BCUT2D eigenvalue weighted by atomic mass is 9.81. The highest BCUT2D eigenvalue weighted by Gasteiger charge is 2.46. The van der Waals surface area contributed by atoms with Crippen molar-refractivity contribution < 1.29 is 38.2 Å². The van der Waals surface area contributed by atoms with Gasteiger partial charge in [-0.15, -0.1) is 6.42 Å². The number of rotatable bonds is 11. The third kappa shape index (κ3) is 7.03. The second kappa shape index (κ2) is 14.1. The van der Waals surface area contributed by atoms with Crippen LogP contribution in [0.15, 0.2) is 41.2 Å². The summed E-state index contributed by atoms with van der Waals surface area (Å²) >= 11 is 0. The molecule has 2 aromatic carbocycles. The molecule has 4 aromatic rings. The Morgan fingerprint density at radius 2 is 1.89 bits per heavy atom. The number of cyclic esters (lactones) is 1. The second-order valence-corrected chi connectivity index (χ2v) is 17.0. The number of anilines is 1. The van der Waals surface area contributed by atoms with Crippen molar-refractivity contribution in [2.75, 3.05) is 18.3 Å². The number of aliphatic hydroxyl groups is 2. The van der Waals surface area contributed by atoms with Crippen LogP contribution in [0.25, 0.3) is 22.3 Å². The van der Waals surface area contributed by atoms with E-state index in [1.54, 1.807) is 62.6 Å².